The van der Waals surface area contributed by atoms with Gasteiger partial charge < -0.3 is 14.5 Å². The summed E-state index contributed by atoms with van der Waals surface area (Å²) in [5, 5.41) is 3.34. The van der Waals surface area contributed by atoms with Crippen molar-refractivity contribution in [3.63, 3.8) is 0 Å². The van der Waals surface area contributed by atoms with Crippen molar-refractivity contribution in [2.45, 2.75) is 6.42 Å². The molecule has 1 heterocycles. The van der Waals surface area contributed by atoms with Gasteiger partial charge >= 0.3 is 5.63 Å². The molecule has 0 aliphatic carbocycles. The van der Waals surface area contributed by atoms with Crippen LogP contribution in [0.2, 0.25) is 0 Å². The first-order valence-corrected chi connectivity index (χ1v) is 9.41. The number of fused-ring (bicyclic) bond motifs is 1. The fourth-order valence-electron chi connectivity index (χ4n) is 3.45. The normalized spacial score (nSPS) is 10.8. The second-order valence-electron chi connectivity index (χ2n) is 6.78. The van der Waals surface area contributed by atoms with Crippen LogP contribution >= 0.6 is 0 Å². The molecule has 4 aromatic rings. The van der Waals surface area contributed by atoms with Crippen molar-refractivity contribution in [1.29, 1.82) is 0 Å². The van der Waals surface area contributed by atoms with Crippen molar-refractivity contribution in [3.8, 4) is 16.9 Å². The Balaban J connectivity index is 1.82. The first kappa shape index (κ1) is 20.3. The van der Waals surface area contributed by atoms with Crippen LogP contribution in [0.15, 0.2) is 75.9 Å². The molecule has 7 heteroatoms. The average Bonchev–Trinajstić information content (AvgIpc) is 2.76. The summed E-state index contributed by atoms with van der Waals surface area (Å²) in [4.78, 5) is 25.2. The molecule has 0 aliphatic heterocycles. The first-order chi connectivity index (χ1) is 15.0. The number of ether oxygens (including phenoxy) is 1. The van der Waals surface area contributed by atoms with Crippen LogP contribution in [0, 0.1) is 11.6 Å². The summed E-state index contributed by atoms with van der Waals surface area (Å²) in [6, 6.07) is 16.9. The highest BCUT2D eigenvalue weighted by atomic mass is 19.1. The zero-order chi connectivity index (χ0) is 22.0. The molecule has 0 aliphatic rings. The average molecular weight is 421 g/mol. The van der Waals surface area contributed by atoms with Crippen LogP contribution in [-0.4, -0.2) is 13.0 Å². The Bertz CT molecular complexity index is 1350. The number of hydrogen-bond acceptors (Lipinski definition) is 4. The predicted molar refractivity (Wildman–Crippen MR) is 113 cm³/mol. The van der Waals surface area contributed by atoms with Crippen LogP contribution in [0.1, 0.15) is 5.76 Å². The molecular weight excluding hydrogens is 404 g/mol. The van der Waals surface area contributed by atoms with Gasteiger partial charge in [0.2, 0.25) is 5.91 Å². The number of carbonyl (C=O) groups excluding carboxylic acids is 1. The Morgan fingerprint density at radius 1 is 1.00 bits per heavy atom. The minimum absolute atomic E-state index is 0.105. The highest BCUT2D eigenvalue weighted by molar-refractivity contribution is 6.00. The van der Waals surface area contributed by atoms with Gasteiger partial charge in [0, 0.05) is 22.6 Å². The van der Waals surface area contributed by atoms with E-state index in [0.29, 0.717) is 33.7 Å². The molecule has 1 aromatic heterocycles. The van der Waals surface area contributed by atoms with E-state index in [1.807, 2.05) is 0 Å². The summed E-state index contributed by atoms with van der Waals surface area (Å²) >= 11 is 0. The highest BCUT2D eigenvalue weighted by Crippen LogP contribution is 2.36. The smallest absolute Gasteiger partial charge is 0.343 e. The second-order valence-corrected chi connectivity index (χ2v) is 6.78. The Morgan fingerprint density at radius 3 is 2.45 bits per heavy atom. The van der Waals surface area contributed by atoms with E-state index in [-0.39, 0.29) is 17.9 Å². The maximum atomic E-state index is 13.9. The number of halogens is 2. The van der Waals surface area contributed by atoms with Crippen molar-refractivity contribution in [2.24, 2.45) is 0 Å². The standard InChI is InChI=1S/C24H17F2NO4/c1-30-20-9-5-4-8-17(20)23-15-6-2-3-7-16(15)24(29)31-21(23)13-22(28)27-19-11-10-14(25)12-18(19)26/h2-12H,13H2,1H3,(H,27,28). The molecule has 1 amide bonds. The van der Waals surface area contributed by atoms with Gasteiger partial charge in [0.1, 0.15) is 23.1 Å². The molecule has 0 saturated heterocycles. The number of amides is 1. The Morgan fingerprint density at radius 2 is 1.71 bits per heavy atom. The molecule has 0 spiro atoms. The maximum Gasteiger partial charge on any atom is 0.343 e. The molecule has 0 bridgehead atoms. The minimum Gasteiger partial charge on any atom is -0.496 e. The van der Waals surface area contributed by atoms with E-state index in [9.17, 15) is 18.4 Å². The summed E-state index contributed by atoms with van der Waals surface area (Å²) < 4.78 is 38.0. The molecule has 5 nitrogen and oxygen atoms in total. The van der Waals surface area contributed by atoms with Crippen LogP contribution in [-0.2, 0) is 11.2 Å². The third-order valence-corrected chi connectivity index (χ3v) is 4.81. The fourth-order valence-corrected chi connectivity index (χ4v) is 3.45. The number of benzene rings is 3. The third kappa shape index (κ3) is 4.02. The van der Waals surface area contributed by atoms with E-state index in [0.717, 1.165) is 12.1 Å². The van der Waals surface area contributed by atoms with Gasteiger partial charge in [-0.25, -0.2) is 13.6 Å². The Kier molecular flexibility index (Phi) is 5.49. The number of carbonyl (C=O) groups is 1. The van der Waals surface area contributed by atoms with E-state index in [4.69, 9.17) is 9.15 Å². The molecule has 0 radical (unpaired) electrons. The lowest BCUT2D eigenvalue weighted by molar-refractivity contribution is -0.115. The summed E-state index contributed by atoms with van der Waals surface area (Å²) in [6.07, 6.45) is -0.343. The van der Waals surface area contributed by atoms with Crippen molar-refractivity contribution in [2.75, 3.05) is 12.4 Å². The molecule has 1 N–H and O–H groups in total. The summed E-state index contributed by atoms with van der Waals surface area (Å²) in [6.45, 7) is 0. The summed E-state index contributed by atoms with van der Waals surface area (Å²) in [5.41, 5.74) is 0.404. The largest absolute Gasteiger partial charge is 0.496 e. The quantitative estimate of drug-likeness (QED) is 0.496. The highest BCUT2D eigenvalue weighted by Gasteiger charge is 2.21. The van der Waals surface area contributed by atoms with E-state index in [2.05, 4.69) is 5.32 Å². The van der Waals surface area contributed by atoms with E-state index in [1.54, 1.807) is 48.5 Å². The lowest BCUT2D eigenvalue weighted by Crippen LogP contribution is -2.17. The third-order valence-electron chi connectivity index (χ3n) is 4.81. The minimum atomic E-state index is -0.904. The van der Waals surface area contributed by atoms with Crippen LogP contribution in [0.25, 0.3) is 21.9 Å². The topological polar surface area (TPSA) is 68.5 Å². The van der Waals surface area contributed by atoms with Crippen molar-refractivity contribution in [1.82, 2.24) is 0 Å². The van der Waals surface area contributed by atoms with Crippen molar-refractivity contribution >= 4 is 22.4 Å². The van der Waals surface area contributed by atoms with Gasteiger partial charge in [-0.15, -0.1) is 0 Å². The van der Waals surface area contributed by atoms with Crippen molar-refractivity contribution in [3.05, 3.63) is 94.5 Å². The van der Waals surface area contributed by atoms with Crippen LogP contribution in [0.5, 0.6) is 5.75 Å². The lowest BCUT2D eigenvalue weighted by Gasteiger charge is -2.15. The number of para-hydroxylation sites is 1. The van der Waals surface area contributed by atoms with E-state index < -0.39 is 23.2 Å². The van der Waals surface area contributed by atoms with Crippen LogP contribution < -0.4 is 15.7 Å². The van der Waals surface area contributed by atoms with E-state index >= 15 is 0 Å². The Hall–Kier alpha value is -4.00. The number of rotatable bonds is 5. The molecule has 4 rings (SSSR count). The summed E-state index contributed by atoms with van der Waals surface area (Å²) in [5.74, 6) is -1.64. The Labute approximate surface area is 175 Å². The molecule has 31 heavy (non-hydrogen) atoms. The molecule has 0 atom stereocenters. The number of methoxy groups -OCH3 is 1. The monoisotopic (exact) mass is 421 g/mol. The number of anilines is 1. The molecule has 0 fully saturated rings. The molecule has 3 aromatic carbocycles. The van der Waals surface area contributed by atoms with Crippen molar-refractivity contribution < 1.29 is 22.7 Å². The van der Waals surface area contributed by atoms with Gasteiger partial charge in [-0.3, -0.25) is 4.79 Å². The lowest BCUT2D eigenvalue weighted by atomic mass is 9.96. The SMILES string of the molecule is COc1ccccc1-c1c(CC(=O)Nc2ccc(F)cc2F)oc(=O)c2ccccc12. The fraction of sp³-hybridized carbons (Fsp3) is 0.0833. The molecule has 0 unspecified atom stereocenters. The maximum absolute atomic E-state index is 13.9. The van der Waals surface area contributed by atoms with Gasteiger partial charge in [-0.05, 0) is 24.3 Å². The molecular formula is C24H17F2NO4. The number of hydrogen-bond donors (Lipinski definition) is 1. The second kappa shape index (κ2) is 8.39. The molecule has 156 valence electrons. The summed E-state index contributed by atoms with van der Waals surface area (Å²) in [7, 11) is 1.52. The zero-order valence-electron chi connectivity index (χ0n) is 16.4. The van der Waals surface area contributed by atoms with Gasteiger partial charge in [-0.2, -0.15) is 0 Å². The van der Waals surface area contributed by atoms with Gasteiger partial charge in [-0.1, -0.05) is 36.4 Å². The van der Waals surface area contributed by atoms with Gasteiger partial charge in [0.15, 0.2) is 0 Å². The van der Waals surface area contributed by atoms with Gasteiger partial charge in [0.05, 0.1) is 24.6 Å². The zero-order valence-corrected chi connectivity index (χ0v) is 16.4. The van der Waals surface area contributed by atoms with Crippen LogP contribution in [0.4, 0.5) is 14.5 Å². The number of nitrogens with one attached hydrogen (secondary N) is 1. The van der Waals surface area contributed by atoms with E-state index in [1.165, 1.54) is 7.11 Å². The van der Waals surface area contributed by atoms with Gasteiger partial charge in [0.25, 0.3) is 0 Å². The predicted octanol–water partition coefficient (Wildman–Crippen LogP) is 4.93. The molecule has 0 saturated carbocycles. The first-order valence-electron chi connectivity index (χ1n) is 9.41. The van der Waals surface area contributed by atoms with Crippen LogP contribution in [0.3, 0.4) is 0 Å².